The van der Waals surface area contributed by atoms with E-state index < -0.39 is 17.4 Å². The van der Waals surface area contributed by atoms with Gasteiger partial charge in [-0.25, -0.2) is 0 Å². The smallest absolute Gasteiger partial charge is 0.323 e. The van der Waals surface area contributed by atoms with E-state index in [1.165, 1.54) is 14.2 Å². The van der Waals surface area contributed by atoms with Gasteiger partial charge in [-0.2, -0.15) is 0 Å². The maximum absolute atomic E-state index is 12.4. The number of hydrogen-bond acceptors (Lipinski definition) is 4. The molecule has 0 aliphatic heterocycles. The first-order valence-corrected chi connectivity index (χ1v) is 8.90. The van der Waals surface area contributed by atoms with E-state index in [1.54, 1.807) is 0 Å². The Morgan fingerprint density at radius 2 is 1.63 bits per heavy atom. The zero-order valence-corrected chi connectivity index (χ0v) is 15.3. The highest BCUT2D eigenvalue weighted by Crippen LogP contribution is 2.61. The normalized spacial score (nSPS) is 17.5. The molecular weight excluding hydrogens is 342 g/mol. The number of aromatic nitrogens is 1. The molecule has 0 amide bonds. The Labute approximate surface area is 157 Å². The van der Waals surface area contributed by atoms with Gasteiger partial charge in [0.05, 0.1) is 14.2 Å². The van der Waals surface area contributed by atoms with Gasteiger partial charge in [0.2, 0.25) is 0 Å². The second-order valence-corrected chi connectivity index (χ2v) is 6.91. The number of methoxy groups -OCH3 is 2. The molecular formula is C22H21NO4. The number of carbonyl (C=O) groups excluding carboxylic acids is 2. The number of nitrogens with zero attached hydrogens (tertiary/aromatic N) is 1. The van der Waals surface area contributed by atoms with Crippen molar-refractivity contribution in [1.29, 1.82) is 0 Å². The molecule has 27 heavy (non-hydrogen) atoms. The van der Waals surface area contributed by atoms with Gasteiger partial charge in [-0.3, -0.25) is 9.59 Å². The Kier molecular flexibility index (Phi) is 4.22. The predicted octanol–water partition coefficient (Wildman–Crippen LogP) is 3.51. The van der Waals surface area contributed by atoms with Gasteiger partial charge < -0.3 is 14.0 Å². The van der Waals surface area contributed by atoms with E-state index >= 15 is 0 Å². The number of ether oxygens (including phenoxy) is 2. The molecule has 3 aromatic rings. The summed E-state index contributed by atoms with van der Waals surface area (Å²) in [4.78, 5) is 24.9. The third-order valence-electron chi connectivity index (χ3n) is 5.44. The SMILES string of the molecule is COC(=O)C1(C(=O)OC)CC1c1cc2ccccc2n1Cc1ccccc1. The first kappa shape index (κ1) is 17.3. The van der Waals surface area contributed by atoms with Crippen molar-refractivity contribution in [2.45, 2.75) is 18.9 Å². The fraction of sp³-hybridized carbons (Fsp3) is 0.273. The molecule has 4 rings (SSSR count). The van der Waals surface area contributed by atoms with Gasteiger partial charge in [0, 0.05) is 23.7 Å². The van der Waals surface area contributed by atoms with Crippen LogP contribution in [0.1, 0.15) is 23.6 Å². The Balaban J connectivity index is 1.81. The van der Waals surface area contributed by atoms with Crippen molar-refractivity contribution in [1.82, 2.24) is 4.57 Å². The standard InChI is InChI=1S/C22H21NO4/c1-26-20(24)22(21(25)27-2)13-17(22)19-12-16-10-6-7-11-18(16)23(19)14-15-8-4-3-5-9-15/h3-12,17H,13-14H2,1-2H3. The lowest BCUT2D eigenvalue weighted by molar-refractivity contribution is -0.161. The fourth-order valence-corrected chi connectivity index (χ4v) is 3.98. The highest BCUT2D eigenvalue weighted by atomic mass is 16.5. The van der Waals surface area contributed by atoms with Crippen molar-refractivity contribution >= 4 is 22.8 Å². The molecule has 1 aliphatic rings. The quantitative estimate of drug-likeness (QED) is 0.514. The first-order chi connectivity index (χ1) is 13.1. The molecule has 0 radical (unpaired) electrons. The van der Waals surface area contributed by atoms with Gasteiger partial charge in [-0.15, -0.1) is 0 Å². The lowest BCUT2D eigenvalue weighted by Gasteiger charge is -2.15. The molecule has 1 unspecified atom stereocenters. The van der Waals surface area contributed by atoms with Crippen LogP contribution in [0, 0.1) is 5.41 Å². The molecule has 0 saturated heterocycles. The summed E-state index contributed by atoms with van der Waals surface area (Å²) in [5.74, 6) is -1.32. The zero-order chi connectivity index (χ0) is 19.0. The van der Waals surface area contributed by atoms with Crippen LogP contribution in [0.5, 0.6) is 0 Å². The number of esters is 2. The maximum atomic E-state index is 12.4. The van der Waals surface area contributed by atoms with Crippen LogP contribution in [-0.4, -0.2) is 30.7 Å². The van der Waals surface area contributed by atoms with E-state index in [-0.39, 0.29) is 5.92 Å². The summed E-state index contributed by atoms with van der Waals surface area (Å²) >= 11 is 0. The Bertz CT molecular complexity index is 990. The van der Waals surface area contributed by atoms with Gasteiger partial charge in [0.1, 0.15) is 0 Å². The number of carbonyl (C=O) groups is 2. The number of para-hydroxylation sites is 1. The molecule has 1 heterocycles. The van der Waals surface area contributed by atoms with Gasteiger partial charge >= 0.3 is 11.9 Å². The lowest BCUT2D eigenvalue weighted by atomic mass is 10.0. The van der Waals surface area contributed by atoms with Crippen LogP contribution < -0.4 is 0 Å². The van der Waals surface area contributed by atoms with E-state index in [1.807, 2.05) is 36.4 Å². The maximum Gasteiger partial charge on any atom is 0.323 e. The van der Waals surface area contributed by atoms with E-state index in [0.29, 0.717) is 13.0 Å². The minimum absolute atomic E-state index is 0.256. The molecule has 1 atom stereocenters. The molecule has 0 N–H and O–H groups in total. The van der Waals surface area contributed by atoms with Crippen LogP contribution >= 0.6 is 0 Å². The third-order valence-corrected chi connectivity index (χ3v) is 5.44. The number of fused-ring (bicyclic) bond motifs is 1. The molecule has 0 bridgehead atoms. The van der Waals surface area contributed by atoms with Crippen molar-refractivity contribution in [2.24, 2.45) is 5.41 Å². The van der Waals surface area contributed by atoms with E-state index in [4.69, 9.17) is 9.47 Å². The van der Waals surface area contributed by atoms with Crippen LogP contribution in [0.3, 0.4) is 0 Å². The van der Waals surface area contributed by atoms with E-state index in [9.17, 15) is 9.59 Å². The monoisotopic (exact) mass is 363 g/mol. The average molecular weight is 363 g/mol. The summed E-state index contributed by atoms with van der Waals surface area (Å²) in [7, 11) is 2.61. The molecule has 1 aromatic heterocycles. The van der Waals surface area contributed by atoms with Crippen LogP contribution in [0.25, 0.3) is 10.9 Å². The minimum atomic E-state index is -1.24. The van der Waals surface area contributed by atoms with Crippen molar-refractivity contribution < 1.29 is 19.1 Å². The highest BCUT2D eigenvalue weighted by Gasteiger charge is 2.69. The van der Waals surface area contributed by atoms with Gasteiger partial charge in [-0.1, -0.05) is 48.5 Å². The fourth-order valence-electron chi connectivity index (χ4n) is 3.98. The molecule has 5 heteroatoms. The lowest BCUT2D eigenvalue weighted by Crippen LogP contribution is -2.30. The zero-order valence-electron chi connectivity index (χ0n) is 15.3. The van der Waals surface area contributed by atoms with Gasteiger partial charge in [0.15, 0.2) is 5.41 Å². The molecule has 1 fully saturated rings. The molecule has 5 nitrogen and oxygen atoms in total. The number of benzene rings is 2. The van der Waals surface area contributed by atoms with Crippen molar-refractivity contribution in [3.63, 3.8) is 0 Å². The van der Waals surface area contributed by atoms with Crippen molar-refractivity contribution in [3.05, 3.63) is 71.9 Å². The van der Waals surface area contributed by atoms with Crippen LogP contribution in [0.4, 0.5) is 0 Å². The molecule has 1 saturated carbocycles. The predicted molar refractivity (Wildman–Crippen MR) is 101 cm³/mol. The van der Waals surface area contributed by atoms with Crippen LogP contribution in [-0.2, 0) is 25.6 Å². The summed E-state index contributed by atoms with van der Waals surface area (Å²) < 4.78 is 12.1. The van der Waals surface area contributed by atoms with E-state index in [0.717, 1.165) is 22.2 Å². The summed E-state index contributed by atoms with van der Waals surface area (Å²) in [6, 6.07) is 20.3. The van der Waals surface area contributed by atoms with Gasteiger partial charge in [-0.05, 0) is 29.5 Å². The Morgan fingerprint density at radius 3 is 2.30 bits per heavy atom. The third kappa shape index (κ3) is 2.70. The van der Waals surface area contributed by atoms with Crippen LogP contribution in [0.15, 0.2) is 60.7 Å². The second kappa shape index (κ2) is 6.58. The van der Waals surface area contributed by atoms with Crippen LogP contribution in [0.2, 0.25) is 0 Å². The number of hydrogen-bond donors (Lipinski definition) is 0. The summed E-state index contributed by atoms with van der Waals surface area (Å²) in [6.45, 7) is 0.665. The minimum Gasteiger partial charge on any atom is -0.468 e. The molecule has 2 aromatic carbocycles. The van der Waals surface area contributed by atoms with Crippen molar-refractivity contribution in [2.75, 3.05) is 14.2 Å². The Morgan fingerprint density at radius 1 is 1.00 bits per heavy atom. The number of rotatable bonds is 5. The molecule has 0 spiro atoms. The second-order valence-electron chi connectivity index (χ2n) is 6.91. The topological polar surface area (TPSA) is 57.5 Å². The van der Waals surface area contributed by atoms with Crippen molar-refractivity contribution in [3.8, 4) is 0 Å². The molecule has 1 aliphatic carbocycles. The van der Waals surface area contributed by atoms with E-state index in [2.05, 4.69) is 28.8 Å². The van der Waals surface area contributed by atoms with Gasteiger partial charge in [0.25, 0.3) is 0 Å². The Hall–Kier alpha value is -3.08. The largest absolute Gasteiger partial charge is 0.468 e. The summed E-state index contributed by atoms with van der Waals surface area (Å²) in [6.07, 6.45) is 0.400. The highest BCUT2D eigenvalue weighted by molar-refractivity contribution is 6.05. The average Bonchev–Trinajstić information content (AvgIpc) is 3.38. The summed E-state index contributed by atoms with van der Waals surface area (Å²) in [5, 5.41) is 1.08. The first-order valence-electron chi connectivity index (χ1n) is 8.90. The molecule has 138 valence electrons. The summed E-state index contributed by atoms with van der Waals surface area (Å²) in [5.41, 5.74) is 1.94.